The fourth-order valence-electron chi connectivity index (χ4n) is 0.758. The molecule has 0 unspecified atom stereocenters. The summed E-state index contributed by atoms with van der Waals surface area (Å²) in [5.41, 5.74) is -0.220. The van der Waals surface area contributed by atoms with E-state index in [4.69, 9.17) is 5.26 Å². The lowest BCUT2D eigenvalue weighted by Crippen LogP contribution is -2.15. The van der Waals surface area contributed by atoms with Crippen LogP contribution >= 0.6 is 0 Å². The SMILES string of the molecule is N#CCCCn1cn[nH]c1=O. The fourth-order valence-corrected chi connectivity index (χ4v) is 0.758. The Balaban J connectivity index is 2.46. The summed E-state index contributed by atoms with van der Waals surface area (Å²) >= 11 is 0. The van der Waals surface area contributed by atoms with Gasteiger partial charge in [-0.15, -0.1) is 0 Å². The monoisotopic (exact) mass is 152 g/mol. The second kappa shape index (κ2) is 3.56. The number of aromatic amines is 1. The van der Waals surface area contributed by atoms with Crippen LogP contribution in [0, 0.1) is 11.3 Å². The molecule has 0 fully saturated rings. The molecular weight excluding hydrogens is 144 g/mol. The molecular formula is C6H8N4O. The number of rotatable bonds is 3. The van der Waals surface area contributed by atoms with Crippen LogP contribution in [-0.4, -0.2) is 14.8 Å². The first kappa shape index (κ1) is 7.54. The summed E-state index contributed by atoms with van der Waals surface area (Å²) in [6, 6.07) is 2.00. The molecule has 1 aromatic rings. The molecule has 58 valence electrons. The predicted octanol–water partition coefficient (Wildman–Crippen LogP) is -0.125. The Bertz CT molecular complexity index is 305. The average molecular weight is 152 g/mol. The van der Waals surface area contributed by atoms with Crippen LogP contribution in [0.5, 0.6) is 0 Å². The van der Waals surface area contributed by atoms with Crippen molar-refractivity contribution in [1.29, 1.82) is 5.26 Å². The zero-order chi connectivity index (χ0) is 8.10. The highest BCUT2D eigenvalue weighted by atomic mass is 16.1. The summed E-state index contributed by atoms with van der Waals surface area (Å²) in [5.74, 6) is 0. The maximum Gasteiger partial charge on any atom is 0.343 e. The van der Waals surface area contributed by atoms with Crippen molar-refractivity contribution in [1.82, 2.24) is 14.8 Å². The summed E-state index contributed by atoms with van der Waals surface area (Å²) in [6.45, 7) is 0.558. The third-order valence-electron chi connectivity index (χ3n) is 1.31. The van der Waals surface area contributed by atoms with Gasteiger partial charge in [-0.3, -0.25) is 4.57 Å². The summed E-state index contributed by atoms with van der Waals surface area (Å²) in [6.07, 6.45) is 2.59. The van der Waals surface area contributed by atoms with Gasteiger partial charge >= 0.3 is 5.69 Å². The van der Waals surface area contributed by atoms with Crippen molar-refractivity contribution in [3.8, 4) is 6.07 Å². The Hall–Kier alpha value is -1.57. The van der Waals surface area contributed by atoms with E-state index in [-0.39, 0.29) is 5.69 Å². The van der Waals surface area contributed by atoms with Crippen LogP contribution in [0.2, 0.25) is 0 Å². The second-order valence-corrected chi connectivity index (χ2v) is 2.12. The van der Waals surface area contributed by atoms with Gasteiger partial charge in [0.15, 0.2) is 0 Å². The largest absolute Gasteiger partial charge is 0.343 e. The van der Waals surface area contributed by atoms with Crippen LogP contribution in [0.15, 0.2) is 11.1 Å². The number of aryl methyl sites for hydroxylation is 1. The zero-order valence-corrected chi connectivity index (χ0v) is 5.95. The van der Waals surface area contributed by atoms with Gasteiger partial charge in [0.05, 0.1) is 6.07 Å². The Morgan fingerprint density at radius 3 is 3.18 bits per heavy atom. The van der Waals surface area contributed by atoms with Crippen molar-refractivity contribution in [2.24, 2.45) is 0 Å². The minimum atomic E-state index is -0.220. The zero-order valence-electron chi connectivity index (χ0n) is 5.95. The standard InChI is InChI=1S/C6H8N4O/c7-3-1-2-4-10-5-8-9-6(10)11/h5H,1-2,4H2,(H,9,11). The van der Waals surface area contributed by atoms with Crippen LogP contribution < -0.4 is 5.69 Å². The first-order valence-corrected chi connectivity index (χ1v) is 3.31. The van der Waals surface area contributed by atoms with Crippen LogP contribution in [0.1, 0.15) is 12.8 Å². The van der Waals surface area contributed by atoms with Crippen molar-refractivity contribution < 1.29 is 0 Å². The highest BCUT2D eigenvalue weighted by Crippen LogP contribution is 1.88. The van der Waals surface area contributed by atoms with Crippen molar-refractivity contribution in [3.63, 3.8) is 0 Å². The molecule has 1 aromatic heterocycles. The molecule has 0 radical (unpaired) electrons. The van der Waals surface area contributed by atoms with E-state index in [0.717, 1.165) is 0 Å². The van der Waals surface area contributed by atoms with Gasteiger partial charge in [0.25, 0.3) is 0 Å². The summed E-state index contributed by atoms with van der Waals surface area (Å²) in [7, 11) is 0. The number of nitriles is 1. The predicted molar refractivity (Wildman–Crippen MR) is 37.7 cm³/mol. The molecule has 0 atom stereocenters. The highest BCUT2D eigenvalue weighted by molar-refractivity contribution is 4.70. The smallest absolute Gasteiger partial charge is 0.282 e. The molecule has 0 aromatic carbocycles. The van der Waals surface area contributed by atoms with E-state index in [2.05, 4.69) is 10.2 Å². The van der Waals surface area contributed by atoms with E-state index >= 15 is 0 Å². The Kier molecular flexibility index (Phi) is 2.44. The maximum atomic E-state index is 10.8. The van der Waals surface area contributed by atoms with Crippen LogP contribution in [-0.2, 0) is 6.54 Å². The molecule has 11 heavy (non-hydrogen) atoms. The average Bonchev–Trinajstić information content (AvgIpc) is 2.37. The first-order valence-electron chi connectivity index (χ1n) is 3.31. The Labute approximate surface area is 63.3 Å². The van der Waals surface area contributed by atoms with Crippen molar-refractivity contribution in [3.05, 3.63) is 16.8 Å². The maximum absolute atomic E-state index is 10.8. The van der Waals surface area contributed by atoms with Crippen molar-refractivity contribution >= 4 is 0 Å². The number of nitrogens with one attached hydrogen (secondary N) is 1. The van der Waals surface area contributed by atoms with E-state index in [1.165, 1.54) is 10.9 Å². The minimum Gasteiger partial charge on any atom is -0.282 e. The molecule has 0 aliphatic rings. The molecule has 0 aliphatic heterocycles. The lowest BCUT2D eigenvalue weighted by Gasteiger charge is -1.93. The van der Waals surface area contributed by atoms with Gasteiger partial charge < -0.3 is 0 Å². The van der Waals surface area contributed by atoms with Crippen molar-refractivity contribution in [2.75, 3.05) is 0 Å². The second-order valence-electron chi connectivity index (χ2n) is 2.12. The Morgan fingerprint density at radius 1 is 1.82 bits per heavy atom. The van der Waals surface area contributed by atoms with Gasteiger partial charge in [-0.2, -0.15) is 10.4 Å². The number of aromatic nitrogens is 3. The number of hydrogen-bond acceptors (Lipinski definition) is 3. The molecule has 0 spiro atoms. The third-order valence-corrected chi connectivity index (χ3v) is 1.31. The first-order chi connectivity index (χ1) is 5.34. The highest BCUT2D eigenvalue weighted by Gasteiger charge is 1.94. The number of H-pyrrole nitrogens is 1. The summed E-state index contributed by atoms with van der Waals surface area (Å²) < 4.78 is 1.44. The van der Waals surface area contributed by atoms with Gasteiger partial charge in [0, 0.05) is 13.0 Å². The minimum absolute atomic E-state index is 0.220. The molecule has 0 bridgehead atoms. The lowest BCUT2D eigenvalue weighted by atomic mass is 10.3. The van der Waals surface area contributed by atoms with Crippen LogP contribution in [0.4, 0.5) is 0 Å². The number of unbranched alkanes of at least 4 members (excludes halogenated alkanes) is 1. The number of hydrogen-bond donors (Lipinski definition) is 1. The van der Waals surface area contributed by atoms with Gasteiger partial charge in [-0.25, -0.2) is 9.89 Å². The van der Waals surface area contributed by atoms with E-state index in [0.29, 0.717) is 19.4 Å². The molecule has 5 heteroatoms. The van der Waals surface area contributed by atoms with E-state index in [1.807, 2.05) is 6.07 Å². The lowest BCUT2D eigenvalue weighted by molar-refractivity contribution is 0.633. The van der Waals surface area contributed by atoms with Crippen molar-refractivity contribution in [2.45, 2.75) is 19.4 Å². The molecule has 5 nitrogen and oxygen atoms in total. The molecule has 0 saturated carbocycles. The molecule has 1 rings (SSSR count). The van der Waals surface area contributed by atoms with Crippen LogP contribution in [0.3, 0.4) is 0 Å². The fraction of sp³-hybridized carbons (Fsp3) is 0.500. The summed E-state index contributed by atoms with van der Waals surface area (Å²) in [4.78, 5) is 10.8. The van der Waals surface area contributed by atoms with Gasteiger partial charge in [0.2, 0.25) is 0 Å². The van der Waals surface area contributed by atoms with Gasteiger partial charge in [0.1, 0.15) is 6.33 Å². The topological polar surface area (TPSA) is 74.5 Å². The van der Waals surface area contributed by atoms with Crippen LogP contribution in [0.25, 0.3) is 0 Å². The molecule has 1 N–H and O–H groups in total. The summed E-state index contributed by atoms with van der Waals surface area (Å²) in [5, 5.41) is 14.0. The molecule has 0 amide bonds. The van der Waals surface area contributed by atoms with Gasteiger partial charge in [-0.1, -0.05) is 0 Å². The third kappa shape index (κ3) is 1.93. The quantitative estimate of drug-likeness (QED) is 0.613. The Morgan fingerprint density at radius 2 is 2.64 bits per heavy atom. The molecule has 0 aliphatic carbocycles. The molecule has 0 saturated heterocycles. The molecule has 1 heterocycles. The number of nitrogens with zero attached hydrogens (tertiary/aromatic N) is 3. The van der Waals surface area contributed by atoms with E-state index in [9.17, 15) is 4.79 Å². The normalized spacial score (nSPS) is 9.36. The van der Waals surface area contributed by atoms with E-state index < -0.39 is 0 Å². The van der Waals surface area contributed by atoms with Gasteiger partial charge in [-0.05, 0) is 6.42 Å². The van der Waals surface area contributed by atoms with E-state index in [1.54, 1.807) is 0 Å².